The highest BCUT2D eigenvalue weighted by Crippen LogP contribution is 2.41. The Labute approximate surface area is 362 Å². The predicted molar refractivity (Wildman–Crippen MR) is 207 cm³/mol. The van der Waals surface area contributed by atoms with Crippen LogP contribution in [0.25, 0.3) is 0 Å². The molecule has 4 saturated heterocycles. The van der Waals surface area contributed by atoms with Gasteiger partial charge in [-0.2, -0.15) is 0 Å². The molecule has 23 heteroatoms. The molecule has 21 atom stereocenters. The highest BCUT2D eigenvalue weighted by molar-refractivity contribution is 5.79. The summed E-state index contributed by atoms with van der Waals surface area (Å²) >= 11 is 0. The largest absolute Gasteiger partial charge is 0.410 e. The number of aliphatic hydroxyl groups excluding tert-OH is 12. The van der Waals surface area contributed by atoms with Gasteiger partial charge in [0.25, 0.3) is 6.47 Å². The van der Waals surface area contributed by atoms with E-state index in [2.05, 4.69) is 5.32 Å². The van der Waals surface area contributed by atoms with E-state index in [0.717, 1.165) is 0 Å². The van der Waals surface area contributed by atoms with Crippen molar-refractivity contribution >= 4 is 12.4 Å². The van der Waals surface area contributed by atoms with Gasteiger partial charge in [-0.25, -0.2) is 0 Å². The second-order valence-corrected chi connectivity index (χ2v) is 17.4. The van der Waals surface area contributed by atoms with Crippen molar-refractivity contribution < 1.29 is 109 Å². The Morgan fingerprint density at radius 2 is 1.41 bits per heavy atom. The maximum absolute atomic E-state index is 13.2. The van der Waals surface area contributed by atoms with E-state index in [1.807, 2.05) is 0 Å². The van der Waals surface area contributed by atoms with Crippen LogP contribution >= 0.6 is 0 Å². The fourth-order valence-electron chi connectivity index (χ4n) is 8.31. The molecule has 23 nitrogen and oxygen atoms in total. The number of hydrogen-bond donors (Lipinski definition) is 13. The van der Waals surface area contributed by atoms with Crippen LogP contribution < -0.4 is 5.32 Å². The molecule has 360 valence electrons. The van der Waals surface area contributed by atoms with Crippen LogP contribution in [0.15, 0.2) is 30.3 Å². The number of nitrogens with one attached hydrogen (secondary N) is 1. The Balaban J connectivity index is 1.53. The number of aliphatic hydroxyl groups is 12. The average Bonchev–Trinajstić information content (AvgIpc) is 3.24. The van der Waals surface area contributed by atoms with Crippen molar-refractivity contribution in [1.29, 1.82) is 0 Å². The fourth-order valence-corrected chi connectivity index (χ4v) is 8.31. The quantitative estimate of drug-likeness (QED) is 0.0511. The van der Waals surface area contributed by atoms with Crippen LogP contribution in [0.3, 0.4) is 0 Å². The van der Waals surface area contributed by atoms with Crippen molar-refractivity contribution in [3.05, 3.63) is 35.9 Å². The van der Waals surface area contributed by atoms with Crippen molar-refractivity contribution in [1.82, 2.24) is 5.32 Å². The molecular weight excluding hydrogens is 846 g/mol. The van der Waals surface area contributed by atoms with Crippen molar-refractivity contribution in [2.75, 3.05) is 26.4 Å². The SMILES string of the molecule is CC1[C@H](O[C@H]2C(CO)O[C@@H](O[C@@H]3C(CO)O[C@@H](C(C)(C)C)C(O)[C@H]3O)C(O)[C@H]2O[C@]2(OC=O)C[C@@H](O)[C@@H](NC(=O)Cc3ccccc3)C([C@H](O)[C@H](O)CO)O2)OC(CO)[C@H](O)[C@@H]1O. The first-order valence-electron chi connectivity index (χ1n) is 20.7. The molecule has 0 aromatic heterocycles. The lowest BCUT2D eigenvalue weighted by molar-refractivity contribution is -0.451. The summed E-state index contributed by atoms with van der Waals surface area (Å²) in [4.78, 5) is 25.5. The molecule has 4 fully saturated rings. The van der Waals surface area contributed by atoms with Crippen molar-refractivity contribution in [2.24, 2.45) is 11.3 Å². The molecule has 0 aliphatic carbocycles. The van der Waals surface area contributed by atoms with Gasteiger partial charge in [0.15, 0.2) is 12.6 Å². The van der Waals surface area contributed by atoms with Crippen molar-refractivity contribution in [3.63, 3.8) is 0 Å². The van der Waals surface area contributed by atoms with Gasteiger partial charge in [0.05, 0.1) is 63.6 Å². The minimum Gasteiger partial charge on any atom is -0.410 e. The predicted octanol–water partition coefficient (Wildman–Crippen LogP) is -5.76. The minimum absolute atomic E-state index is 0.184. The van der Waals surface area contributed by atoms with E-state index >= 15 is 0 Å². The van der Waals surface area contributed by atoms with Gasteiger partial charge in [-0.3, -0.25) is 9.59 Å². The number of carbonyl (C=O) groups excluding carboxylic acids is 2. The Hall–Kier alpha value is -2.60. The van der Waals surface area contributed by atoms with Crippen molar-refractivity contribution in [3.8, 4) is 0 Å². The molecule has 13 N–H and O–H groups in total. The molecule has 5 rings (SSSR count). The van der Waals surface area contributed by atoms with Crippen LogP contribution in [0.4, 0.5) is 0 Å². The van der Waals surface area contributed by atoms with Crippen LogP contribution in [0.1, 0.15) is 39.7 Å². The van der Waals surface area contributed by atoms with Gasteiger partial charge in [-0.15, -0.1) is 0 Å². The lowest BCUT2D eigenvalue weighted by atomic mass is 9.80. The summed E-state index contributed by atoms with van der Waals surface area (Å²) in [5.41, 5.74) is -0.183. The van der Waals surface area contributed by atoms with E-state index in [1.165, 1.54) is 6.92 Å². The molecule has 0 spiro atoms. The van der Waals surface area contributed by atoms with Crippen LogP contribution in [0.5, 0.6) is 0 Å². The third kappa shape index (κ3) is 11.5. The third-order valence-electron chi connectivity index (χ3n) is 11.8. The maximum atomic E-state index is 13.2. The summed E-state index contributed by atoms with van der Waals surface area (Å²) in [7, 11) is 0. The average molecular weight is 910 g/mol. The van der Waals surface area contributed by atoms with E-state index in [9.17, 15) is 70.9 Å². The van der Waals surface area contributed by atoms with E-state index in [1.54, 1.807) is 51.1 Å². The summed E-state index contributed by atoms with van der Waals surface area (Å²) in [6.07, 6.45) is -32.1. The number of carbonyl (C=O) groups is 2. The number of rotatable bonds is 17. The van der Waals surface area contributed by atoms with E-state index in [-0.39, 0.29) is 12.9 Å². The topological polar surface area (TPSA) is 363 Å². The van der Waals surface area contributed by atoms with Gasteiger partial charge in [0.1, 0.15) is 79.4 Å². The maximum Gasteiger partial charge on any atom is 0.332 e. The Morgan fingerprint density at radius 1 is 0.810 bits per heavy atom. The molecule has 1 aromatic carbocycles. The van der Waals surface area contributed by atoms with Crippen LogP contribution in [-0.2, 0) is 53.9 Å². The molecule has 0 saturated carbocycles. The van der Waals surface area contributed by atoms with E-state index in [0.29, 0.717) is 5.56 Å². The standard InChI is InChI=1S/C40H63NO22/c1-17-26(50)28(52)21(13-43)58-37(17)61-33-23(15-45)59-38(60-32-22(14-44)57-36(39(2,3)4)30(54)29(32)53)31(55)35(33)63-40(56-16-46)11-19(47)25(34(62-40)27(51)20(48)12-42)41-24(49)10-18-8-6-5-7-9-18/h5-9,16-17,19-23,25-38,42-45,47-48,50-55H,10-15H2,1-4H3,(H,41,49)/t17?,19-,20-,21?,22?,23?,25-,26-,27-,28+,29-,30?,31?,32-,33+,34?,35-,36-,37+,38+,40+/m1/s1. The molecule has 0 bridgehead atoms. The van der Waals surface area contributed by atoms with Gasteiger partial charge >= 0.3 is 5.97 Å². The number of benzene rings is 1. The van der Waals surface area contributed by atoms with Crippen molar-refractivity contribution in [2.45, 2.75) is 163 Å². The Morgan fingerprint density at radius 3 is 2.00 bits per heavy atom. The zero-order valence-corrected chi connectivity index (χ0v) is 35.2. The first-order chi connectivity index (χ1) is 29.7. The number of amides is 1. The Kier molecular flexibility index (Phi) is 17.8. The van der Waals surface area contributed by atoms with Crippen LogP contribution in [0.2, 0.25) is 0 Å². The van der Waals surface area contributed by atoms with Gasteiger partial charge in [-0.1, -0.05) is 58.0 Å². The summed E-state index contributed by atoms with van der Waals surface area (Å²) in [6, 6.07) is 6.83. The lowest BCUT2D eigenvalue weighted by Gasteiger charge is -2.52. The molecule has 4 heterocycles. The summed E-state index contributed by atoms with van der Waals surface area (Å²) in [5, 5.41) is 133. The first-order valence-corrected chi connectivity index (χ1v) is 20.7. The second kappa shape index (κ2) is 21.8. The minimum atomic E-state index is -2.89. The Bertz CT molecular complexity index is 1590. The van der Waals surface area contributed by atoms with Gasteiger partial charge in [0.2, 0.25) is 5.91 Å². The van der Waals surface area contributed by atoms with Crippen LogP contribution in [0, 0.1) is 11.3 Å². The lowest BCUT2D eigenvalue weighted by Crippen LogP contribution is -2.70. The molecule has 1 amide bonds. The zero-order chi connectivity index (χ0) is 46.6. The van der Waals surface area contributed by atoms with E-state index < -0.39 is 172 Å². The van der Waals surface area contributed by atoms with Gasteiger partial charge in [-0.05, 0) is 11.0 Å². The fraction of sp³-hybridized carbons (Fsp3) is 0.800. The molecule has 4 aliphatic heterocycles. The number of ether oxygens (including phenoxy) is 8. The first kappa shape index (κ1) is 51.4. The molecule has 1 aromatic rings. The summed E-state index contributed by atoms with van der Waals surface area (Å²) < 4.78 is 47.3. The molecule has 0 radical (unpaired) electrons. The normalized spacial score (nSPS) is 42.2. The monoisotopic (exact) mass is 909 g/mol. The highest BCUT2D eigenvalue weighted by atomic mass is 16.9. The second-order valence-electron chi connectivity index (χ2n) is 17.4. The summed E-state index contributed by atoms with van der Waals surface area (Å²) in [6.45, 7) is 2.81. The number of hydrogen-bond acceptors (Lipinski definition) is 22. The molecule has 4 aliphatic rings. The molecule has 7 unspecified atom stereocenters. The zero-order valence-electron chi connectivity index (χ0n) is 35.2. The molecule has 63 heavy (non-hydrogen) atoms. The van der Waals surface area contributed by atoms with Gasteiger partial charge in [0, 0.05) is 5.92 Å². The van der Waals surface area contributed by atoms with E-state index in [4.69, 9.17) is 37.9 Å². The smallest absolute Gasteiger partial charge is 0.332 e. The van der Waals surface area contributed by atoms with Gasteiger partial charge < -0.3 is 104 Å². The van der Waals surface area contributed by atoms with Crippen LogP contribution in [-0.4, -0.2) is 222 Å². The third-order valence-corrected chi connectivity index (χ3v) is 11.8. The highest BCUT2D eigenvalue weighted by Gasteiger charge is 2.60. The molecular formula is C40H63NO22. The summed E-state index contributed by atoms with van der Waals surface area (Å²) in [5.74, 6) is -4.66.